The van der Waals surface area contributed by atoms with Crippen LogP contribution in [0, 0.1) is 5.92 Å². The molecule has 0 aliphatic heterocycles. The summed E-state index contributed by atoms with van der Waals surface area (Å²) in [6, 6.07) is 7.19. The Hall–Kier alpha value is -1.06. The predicted molar refractivity (Wildman–Crippen MR) is 54.2 cm³/mol. The lowest BCUT2D eigenvalue weighted by Crippen LogP contribution is -2.12. The molecule has 2 atom stereocenters. The van der Waals surface area contributed by atoms with Gasteiger partial charge in [0, 0.05) is 12.5 Å². The SMILES string of the molecule is COc1ccc([C@@H](O)[C@@H](C)CO)cc1. The highest BCUT2D eigenvalue weighted by molar-refractivity contribution is 5.28. The molecule has 0 heterocycles. The Morgan fingerprint density at radius 1 is 1.29 bits per heavy atom. The second-order valence-corrected chi connectivity index (χ2v) is 3.38. The van der Waals surface area contributed by atoms with E-state index in [-0.39, 0.29) is 12.5 Å². The summed E-state index contributed by atoms with van der Waals surface area (Å²) in [4.78, 5) is 0. The van der Waals surface area contributed by atoms with Crippen molar-refractivity contribution in [1.82, 2.24) is 0 Å². The third-order valence-electron chi connectivity index (χ3n) is 2.28. The van der Waals surface area contributed by atoms with Gasteiger partial charge in [0.05, 0.1) is 13.2 Å². The maximum absolute atomic E-state index is 9.75. The van der Waals surface area contributed by atoms with E-state index in [0.29, 0.717) is 0 Å². The molecule has 1 rings (SSSR count). The summed E-state index contributed by atoms with van der Waals surface area (Å²) in [5.74, 6) is 0.612. The van der Waals surface area contributed by atoms with Gasteiger partial charge in [0.1, 0.15) is 5.75 Å². The highest BCUT2D eigenvalue weighted by Crippen LogP contribution is 2.23. The van der Waals surface area contributed by atoms with Gasteiger partial charge in [0.25, 0.3) is 0 Å². The van der Waals surface area contributed by atoms with Gasteiger partial charge in [0.2, 0.25) is 0 Å². The van der Waals surface area contributed by atoms with Crippen LogP contribution in [0.4, 0.5) is 0 Å². The largest absolute Gasteiger partial charge is 0.497 e. The van der Waals surface area contributed by atoms with E-state index in [1.807, 2.05) is 0 Å². The molecule has 14 heavy (non-hydrogen) atoms. The summed E-state index contributed by atoms with van der Waals surface area (Å²) in [7, 11) is 1.60. The molecule has 1 aromatic rings. The first-order valence-electron chi connectivity index (χ1n) is 4.62. The summed E-state index contributed by atoms with van der Waals surface area (Å²) < 4.78 is 5.00. The van der Waals surface area contributed by atoms with E-state index in [1.54, 1.807) is 38.3 Å². The van der Waals surface area contributed by atoms with Crippen LogP contribution < -0.4 is 4.74 Å². The van der Waals surface area contributed by atoms with E-state index in [9.17, 15) is 5.11 Å². The molecule has 3 heteroatoms. The quantitative estimate of drug-likeness (QED) is 0.764. The van der Waals surface area contributed by atoms with E-state index in [4.69, 9.17) is 9.84 Å². The van der Waals surface area contributed by atoms with Crippen molar-refractivity contribution >= 4 is 0 Å². The summed E-state index contributed by atoms with van der Waals surface area (Å²) in [5.41, 5.74) is 0.798. The van der Waals surface area contributed by atoms with Crippen molar-refractivity contribution in [3.8, 4) is 5.75 Å². The smallest absolute Gasteiger partial charge is 0.118 e. The fourth-order valence-electron chi connectivity index (χ4n) is 1.23. The number of rotatable bonds is 4. The maximum atomic E-state index is 9.75. The van der Waals surface area contributed by atoms with E-state index in [1.165, 1.54) is 0 Å². The zero-order valence-electron chi connectivity index (χ0n) is 8.47. The first kappa shape index (κ1) is 11.0. The molecule has 1 aromatic carbocycles. The molecule has 0 saturated heterocycles. The summed E-state index contributed by atoms with van der Waals surface area (Å²) in [6.45, 7) is 1.78. The van der Waals surface area contributed by atoms with Crippen LogP contribution in [-0.4, -0.2) is 23.9 Å². The van der Waals surface area contributed by atoms with Gasteiger partial charge in [-0.15, -0.1) is 0 Å². The van der Waals surface area contributed by atoms with Crippen molar-refractivity contribution in [3.05, 3.63) is 29.8 Å². The molecule has 0 bridgehead atoms. The fourth-order valence-corrected chi connectivity index (χ4v) is 1.23. The van der Waals surface area contributed by atoms with Crippen molar-refractivity contribution in [2.45, 2.75) is 13.0 Å². The Morgan fingerprint density at radius 3 is 2.29 bits per heavy atom. The van der Waals surface area contributed by atoms with Crippen molar-refractivity contribution < 1.29 is 14.9 Å². The van der Waals surface area contributed by atoms with Crippen LogP contribution in [0.25, 0.3) is 0 Å². The summed E-state index contributed by atoms with van der Waals surface area (Å²) >= 11 is 0. The average molecular weight is 196 g/mol. The lowest BCUT2D eigenvalue weighted by Gasteiger charge is -2.16. The molecule has 78 valence electrons. The standard InChI is InChI=1S/C11H16O3/c1-8(7-12)11(13)9-3-5-10(14-2)6-4-9/h3-6,8,11-13H,7H2,1-2H3/t8-,11-/m0/s1. The summed E-state index contributed by atoms with van der Waals surface area (Å²) in [6.07, 6.45) is -0.620. The molecule has 0 aliphatic carbocycles. The minimum atomic E-state index is -0.620. The Labute approximate surface area is 84.0 Å². The zero-order valence-corrected chi connectivity index (χ0v) is 8.47. The summed E-state index contributed by atoms with van der Waals surface area (Å²) in [5, 5.41) is 18.6. The van der Waals surface area contributed by atoms with Gasteiger partial charge in [-0.3, -0.25) is 0 Å². The van der Waals surface area contributed by atoms with E-state index in [0.717, 1.165) is 11.3 Å². The normalized spacial score (nSPS) is 14.9. The van der Waals surface area contributed by atoms with Gasteiger partial charge in [-0.25, -0.2) is 0 Å². The third kappa shape index (κ3) is 2.47. The monoisotopic (exact) mass is 196 g/mol. The van der Waals surface area contributed by atoms with E-state index >= 15 is 0 Å². The molecule has 0 fully saturated rings. The van der Waals surface area contributed by atoms with Crippen LogP contribution >= 0.6 is 0 Å². The van der Waals surface area contributed by atoms with Crippen LogP contribution in [0.2, 0.25) is 0 Å². The molecule has 0 aromatic heterocycles. The van der Waals surface area contributed by atoms with Crippen LogP contribution in [0.15, 0.2) is 24.3 Å². The van der Waals surface area contributed by atoms with Crippen molar-refractivity contribution in [2.24, 2.45) is 5.92 Å². The number of hydrogen-bond donors (Lipinski definition) is 2. The molecule has 0 unspecified atom stereocenters. The van der Waals surface area contributed by atoms with Crippen molar-refractivity contribution in [1.29, 1.82) is 0 Å². The number of benzene rings is 1. The van der Waals surface area contributed by atoms with E-state index in [2.05, 4.69) is 0 Å². The zero-order chi connectivity index (χ0) is 10.6. The molecule has 0 saturated carbocycles. The number of methoxy groups -OCH3 is 1. The predicted octanol–water partition coefficient (Wildman–Crippen LogP) is 1.36. The van der Waals surface area contributed by atoms with Crippen LogP contribution in [-0.2, 0) is 0 Å². The molecule has 0 radical (unpaired) electrons. The minimum Gasteiger partial charge on any atom is -0.497 e. The minimum absolute atomic E-state index is 0.0206. The Kier molecular flexibility index (Phi) is 3.92. The second-order valence-electron chi connectivity index (χ2n) is 3.38. The molecule has 0 amide bonds. The van der Waals surface area contributed by atoms with Gasteiger partial charge in [-0.2, -0.15) is 0 Å². The van der Waals surface area contributed by atoms with Crippen LogP contribution in [0.3, 0.4) is 0 Å². The Morgan fingerprint density at radius 2 is 1.86 bits per heavy atom. The third-order valence-corrected chi connectivity index (χ3v) is 2.28. The topological polar surface area (TPSA) is 49.7 Å². The van der Waals surface area contributed by atoms with Gasteiger partial charge in [-0.1, -0.05) is 19.1 Å². The highest BCUT2D eigenvalue weighted by atomic mass is 16.5. The molecule has 0 spiro atoms. The van der Waals surface area contributed by atoms with E-state index < -0.39 is 6.10 Å². The Balaban J connectivity index is 2.75. The number of aliphatic hydroxyl groups excluding tert-OH is 2. The van der Waals surface area contributed by atoms with Crippen LogP contribution in [0.5, 0.6) is 5.75 Å². The van der Waals surface area contributed by atoms with Gasteiger partial charge in [0.15, 0.2) is 0 Å². The molecular weight excluding hydrogens is 180 g/mol. The van der Waals surface area contributed by atoms with Crippen molar-refractivity contribution in [2.75, 3.05) is 13.7 Å². The second kappa shape index (κ2) is 4.98. The molecule has 2 N–H and O–H groups in total. The average Bonchev–Trinajstić information content (AvgIpc) is 2.27. The number of hydrogen-bond acceptors (Lipinski definition) is 3. The Bertz CT molecular complexity index is 268. The fraction of sp³-hybridized carbons (Fsp3) is 0.455. The maximum Gasteiger partial charge on any atom is 0.118 e. The first-order chi connectivity index (χ1) is 6.69. The number of ether oxygens (including phenoxy) is 1. The lowest BCUT2D eigenvalue weighted by molar-refractivity contribution is 0.0770. The molecular formula is C11H16O3. The van der Waals surface area contributed by atoms with Gasteiger partial charge >= 0.3 is 0 Å². The molecule has 3 nitrogen and oxygen atoms in total. The number of aliphatic hydroxyl groups is 2. The van der Waals surface area contributed by atoms with Crippen LogP contribution in [0.1, 0.15) is 18.6 Å². The lowest BCUT2D eigenvalue weighted by atomic mass is 9.98. The van der Waals surface area contributed by atoms with Gasteiger partial charge in [-0.05, 0) is 17.7 Å². The van der Waals surface area contributed by atoms with Gasteiger partial charge < -0.3 is 14.9 Å². The first-order valence-corrected chi connectivity index (χ1v) is 4.62. The molecule has 0 aliphatic rings. The van der Waals surface area contributed by atoms with Crippen molar-refractivity contribution in [3.63, 3.8) is 0 Å². The highest BCUT2D eigenvalue weighted by Gasteiger charge is 2.14.